The fourth-order valence-electron chi connectivity index (χ4n) is 2.41. The van der Waals surface area contributed by atoms with E-state index in [-0.39, 0.29) is 5.91 Å². The van der Waals surface area contributed by atoms with Gasteiger partial charge in [-0.05, 0) is 45.7 Å². The lowest BCUT2D eigenvalue weighted by molar-refractivity contribution is 0.0956. The Kier molecular flexibility index (Phi) is 4.08. The molecule has 2 saturated carbocycles. The number of carbonyl (C=O) groups excluding carboxylic acids is 1. The molecule has 21 heavy (non-hydrogen) atoms. The number of nitrogens with two attached hydrogens (primary N) is 1. The second-order valence-electron chi connectivity index (χ2n) is 6.34. The maximum atomic E-state index is 12.3. The number of thiophene rings is 1. The van der Waals surface area contributed by atoms with E-state index in [1.165, 1.54) is 29.7 Å². The number of nitrogens with one attached hydrogen (secondary N) is 2. The van der Waals surface area contributed by atoms with Crippen LogP contribution in [0.3, 0.4) is 0 Å². The summed E-state index contributed by atoms with van der Waals surface area (Å²) in [4.78, 5) is 15.1. The molecule has 0 unspecified atom stereocenters. The zero-order valence-electron chi connectivity index (χ0n) is 12.7. The van der Waals surface area contributed by atoms with Gasteiger partial charge in [0.05, 0.1) is 10.7 Å². The van der Waals surface area contributed by atoms with Gasteiger partial charge in [-0.25, -0.2) is 0 Å². The lowest BCUT2D eigenvalue weighted by atomic mass is 10.1. The monoisotopic (exact) mass is 308 g/mol. The van der Waals surface area contributed by atoms with E-state index in [1.54, 1.807) is 0 Å². The van der Waals surface area contributed by atoms with Crippen LogP contribution in [0, 0.1) is 0 Å². The van der Waals surface area contributed by atoms with Crippen molar-refractivity contribution in [3.05, 3.63) is 10.4 Å². The number of rotatable bonds is 7. The van der Waals surface area contributed by atoms with Crippen LogP contribution in [-0.2, 0) is 0 Å². The summed E-state index contributed by atoms with van der Waals surface area (Å²) in [5.74, 6) is 0.549. The van der Waals surface area contributed by atoms with Crippen molar-refractivity contribution in [3.8, 4) is 0 Å². The third-order valence-electron chi connectivity index (χ3n) is 3.93. The molecule has 1 heterocycles. The molecule has 0 aliphatic heterocycles. The molecule has 1 aromatic heterocycles. The standard InChI is InChI=1S/C15H24N4OS/c1-19(2)8-7-17-15-11(9-3-4-9)12(16)13(21-15)14(20)18-10-5-6-10/h9-10,17H,3-8,16H2,1-2H3,(H,18,20). The van der Waals surface area contributed by atoms with Gasteiger partial charge in [0.15, 0.2) is 0 Å². The summed E-state index contributed by atoms with van der Waals surface area (Å²) in [6, 6.07) is 0.369. The first-order valence-electron chi connectivity index (χ1n) is 7.68. The van der Waals surface area contributed by atoms with E-state index >= 15 is 0 Å². The normalized spacial score (nSPS) is 18.0. The smallest absolute Gasteiger partial charge is 0.263 e. The van der Waals surface area contributed by atoms with E-state index in [9.17, 15) is 4.79 Å². The van der Waals surface area contributed by atoms with Gasteiger partial charge in [-0.2, -0.15) is 0 Å². The maximum absolute atomic E-state index is 12.3. The van der Waals surface area contributed by atoms with Crippen molar-refractivity contribution < 1.29 is 4.79 Å². The molecule has 0 aromatic carbocycles. The molecule has 2 aliphatic rings. The average molecular weight is 308 g/mol. The number of nitrogens with zero attached hydrogens (tertiary/aromatic N) is 1. The van der Waals surface area contributed by atoms with Gasteiger partial charge < -0.3 is 21.3 Å². The zero-order valence-corrected chi connectivity index (χ0v) is 13.6. The number of nitrogen functional groups attached to an aromatic ring is 1. The third kappa shape index (κ3) is 3.49. The number of hydrogen-bond acceptors (Lipinski definition) is 5. The highest BCUT2D eigenvalue weighted by atomic mass is 32.1. The minimum absolute atomic E-state index is 0.00237. The van der Waals surface area contributed by atoms with E-state index in [2.05, 4.69) is 29.6 Å². The summed E-state index contributed by atoms with van der Waals surface area (Å²) in [6.45, 7) is 1.84. The molecule has 116 valence electrons. The molecule has 2 fully saturated rings. The Hall–Kier alpha value is -1.27. The molecule has 5 nitrogen and oxygen atoms in total. The molecule has 0 radical (unpaired) electrons. The Bertz CT molecular complexity index is 532. The predicted octanol–water partition coefficient (Wildman–Crippen LogP) is 2.07. The van der Waals surface area contributed by atoms with Crippen LogP contribution in [0.15, 0.2) is 0 Å². The Balaban J connectivity index is 1.75. The molecule has 0 bridgehead atoms. The minimum Gasteiger partial charge on any atom is -0.397 e. The van der Waals surface area contributed by atoms with Gasteiger partial charge in [-0.1, -0.05) is 0 Å². The third-order valence-corrected chi connectivity index (χ3v) is 5.11. The van der Waals surface area contributed by atoms with Crippen LogP contribution in [0.4, 0.5) is 10.7 Å². The molecule has 0 saturated heterocycles. The maximum Gasteiger partial charge on any atom is 0.263 e. The number of likely N-dealkylation sites (N-methyl/N-ethyl adjacent to an activating group) is 1. The minimum atomic E-state index is 0.00237. The lowest BCUT2D eigenvalue weighted by Gasteiger charge is -2.11. The highest BCUT2D eigenvalue weighted by Crippen LogP contribution is 2.50. The molecule has 1 amide bonds. The molecule has 3 rings (SSSR count). The topological polar surface area (TPSA) is 70.4 Å². The van der Waals surface area contributed by atoms with E-state index < -0.39 is 0 Å². The molecule has 6 heteroatoms. The highest BCUT2D eigenvalue weighted by Gasteiger charge is 2.34. The molecular weight excluding hydrogens is 284 g/mol. The fraction of sp³-hybridized carbons (Fsp3) is 0.667. The van der Waals surface area contributed by atoms with Crippen molar-refractivity contribution in [2.24, 2.45) is 0 Å². The number of carbonyl (C=O) groups is 1. The number of anilines is 2. The SMILES string of the molecule is CN(C)CCNc1sc(C(=O)NC2CC2)c(N)c1C1CC1. The Morgan fingerprint density at radius 2 is 2.05 bits per heavy atom. The van der Waals surface area contributed by atoms with Gasteiger partial charge in [0, 0.05) is 24.7 Å². The van der Waals surface area contributed by atoms with Gasteiger partial charge in [0.1, 0.15) is 4.88 Å². The van der Waals surface area contributed by atoms with Crippen LogP contribution >= 0.6 is 11.3 Å². The van der Waals surface area contributed by atoms with Crippen LogP contribution in [-0.4, -0.2) is 44.0 Å². The Morgan fingerprint density at radius 1 is 1.33 bits per heavy atom. The van der Waals surface area contributed by atoms with Crippen LogP contribution in [0.5, 0.6) is 0 Å². The van der Waals surface area contributed by atoms with Gasteiger partial charge in [-0.3, -0.25) is 4.79 Å². The second kappa shape index (κ2) is 5.85. The van der Waals surface area contributed by atoms with Crippen molar-refractivity contribution >= 4 is 27.9 Å². The summed E-state index contributed by atoms with van der Waals surface area (Å²) in [5, 5.41) is 7.60. The molecule has 0 atom stereocenters. The first kappa shape index (κ1) is 14.7. The van der Waals surface area contributed by atoms with E-state index in [0.29, 0.717) is 22.5 Å². The first-order valence-corrected chi connectivity index (χ1v) is 8.49. The van der Waals surface area contributed by atoms with Gasteiger partial charge in [0.2, 0.25) is 0 Å². The van der Waals surface area contributed by atoms with E-state index in [0.717, 1.165) is 30.9 Å². The highest BCUT2D eigenvalue weighted by molar-refractivity contribution is 7.18. The van der Waals surface area contributed by atoms with Crippen molar-refractivity contribution in [2.45, 2.75) is 37.6 Å². The molecule has 0 spiro atoms. The summed E-state index contributed by atoms with van der Waals surface area (Å²) >= 11 is 1.52. The fourth-order valence-corrected chi connectivity index (χ4v) is 3.54. The number of hydrogen-bond donors (Lipinski definition) is 3. The number of amides is 1. The molecule has 2 aliphatic carbocycles. The quantitative estimate of drug-likeness (QED) is 0.721. The van der Waals surface area contributed by atoms with Crippen molar-refractivity contribution in [1.82, 2.24) is 10.2 Å². The summed E-state index contributed by atoms with van der Waals surface area (Å²) < 4.78 is 0. The van der Waals surface area contributed by atoms with Crippen molar-refractivity contribution in [3.63, 3.8) is 0 Å². The van der Waals surface area contributed by atoms with Gasteiger partial charge >= 0.3 is 0 Å². The summed E-state index contributed by atoms with van der Waals surface area (Å²) in [7, 11) is 4.11. The van der Waals surface area contributed by atoms with E-state index in [1.807, 2.05) is 0 Å². The zero-order chi connectivity index (χ0) is 15.0. The Labute approximate surface area is 129 Å². The van der Waals surface area contributed by atoms with Gasteiger partial charge in [-0.15, -0.1) is 11.3 Å². The van der Waals surface area contributed by atoms with E-state index in [4.69, 9.17) is 5.73 Å². The molecule has 4 N–H and O–H groups in total. The van der Waals surface area contributed by atoms with Crippen molar-refractivity contribution in [1.29, 1.82) is 0 Å². The first-order chi connectivity index (χ1) is 10.1. The molecule has 1 aromatic rings. The average Bonchev–Trinajstić information content (AvgIpc) is 3.31. The van der Waals surface area contributed by atoms with Crippen LogP contribution in [0.2, 0.25) is 0 Å². The predicted molar refractivity (Wildman–Crippen MR) is 88.2 cm³/mol. The lowest BCUT2D eigenvalue weighted by Crippen LogP contribution is -2.25. The molecular formula is C15H24N4OS. The van der Waals surface area contributed by atoms with Crippen LogP contribution < -0.4 is 16.4 Å². The van der Waals surface area contributed by atoms with Gasteiger partial charge in [0.25, 0.3) is 5.91 Å². The van der Waals surface area contributed by atoms with Crippen molar-refractivity contribution in [2.75, 3.05) is 38.2 Å². The largest absolute Gasteiger partial charge is 0.397 e. The van der Waals surface area contributed by atoms with Crippen LogP contribution in [0.25, 0.3) is 0 Å². The summed E-state index contributed by atoms with van der Waals surface area (Å²) in [5.41, 5.74) is 8.15. The summed E-state index contributed by atoms with van der Waals surface area (Å²) in [6.07, 6.45) is 4.57. The second-order valence-corrected chi connectivity index (χ2v) is 7.36. The Morgan fingerprint density at radius 3 is 2.62 bits per heavy atom. The van der Waals surface area contributed by atoms with Crippen LogP contribution in [0.1, 0.15) is 46.8 Å².